The zero-order valence-corrected chi connectivity index (χ0v) is 13.0. The van der Waals surface area contributed by atoms with Crippen molar-refractivity contribution in [2.75, 3.05) is 44.5 Å². The second-order valence-electron chi connectivity index (χ2n) is 5.21. The molecule has 1 aromatic rings. The van der Waals surface area contributed by atoms with Crippen LogP contribution in [0.4, 0.5) is 11.9 Å². The molecule has 20 heavy (non-hydrogen) atoms. The van der Waals surface area contributed by atoms with Gasteiger partial charge in [-0.1, -0.05) is 13.8 Å². The molecule has 0 radical (unpaired) electrons. The van der Waals surface area contributed by atoms with Crippen LogP contribution in [-0.4, -0.2) is 48.9 Å². The van der Waals surface area contributed by atoms with E-state index in [4.69, 9.17) is 9.47 Å². The summed E-state index contributed by atoms with van der Waals surface area (Å²) < 4.78 is 10.4. The summed E-state index contributed by atoms with van der Waals surface area (Å²) in [5, 5.41) is 6.12. The van der Waals surface area contributed by atoms with Gasteiger partial charge in [0.25, 0.3) is 0 Å². The van der Waals surface area contributed by atoms with Gasteiger partial charge in [0.05, 0.1) is 6.61 Å². The molecule has 0 aliphatic heterocycles. The number of anilines is 2. The number of nitrogens with zero attached hydrogens (tertiary/aromatic N) is 3. The van der Waals surface area contributed by atoms with Crippen LogP contribution in [0.5, 0.6) is 6.01 Å². The molecule has 0 aromatic carbocycles. The Morgan fingerprint density at radius 2 is 1.85 bits per heavy atom. The van der Waals surface area contributed by atoms with Crippen LogP contribution in [-0.2, 0) is 4.74 Å². The van der Waals surface area contributed by atoms with Crippen molar-refractivity contribution in [3.63, 3.8) is 0 Å². The van der Waals surface area contributed by atoms with Crippen molar-refractivity contribution < 1.29 is 9.47 Å². The summed E-state index contributed by atoms with van der Waals surface area (Å²) >= 11 is 0. The van der Waals surface area contributed by atoms with Gasteiger partial charge in [-0.3, -0.25) is 0 Å². The minimum absolute atomic E-state index is 0.0915. The van der Waals surface area contributed by atoms with Crippen molar-refractivity contribution in [3.05, 3.63) is 0 Å². The van der Waals surface area contributed by atoms with Gasteiger partial charge in [0.15, 0.2) is 0 Å². The maximum absolute atomic E-state index is 5.32. The third-order valence-corrected chi connectivity index (χ3v) is 2.82. The number of nitrogens with one attached hydrogen (secondary N) is 2. The Morgan fingerprint density at radius 1 is 1.15 bits per heavy atom. The van der Waals surface area contributed by atoms with E-state index in [9.17, 15) is 0 Å². The van der Waals surface area contributed by atoms with E-state index in [0.29, 0.717) is 24.5 Å². The molecule has 0 aliphatic rings. The monoisotopic (exact) mass is 283 g/mol. The average molecular weight is 283 g/mol. The van der Waals surface area contributed by atoms with Crippen LogP contribution in [0.1, 0.15) is 27.2 Å². The first-order valence-corrected chi connectivity index (χ1v) is 6.80. The Balaban J connectivity index is 2.68. The molecule has 1 aromatic heterocycles. The second-order valence-corrected chi connectivity index (χ2v) is 5.21. The van der Waals surface area contributed by atoms with E-state index in [1.807, 2.05) is 6.92 Å². The Morgan fingerprint density at radius 3 is 2.45 bits per heavy atom. The third kappa shape index (κ3) is 5.56. The molecule has 7 nitrogen and oxygen atoms in total. The van der Waals surface area contributed by atoms with Crippen LogP contribution in [0.15, 0.2) is 0 Å². The summed E-state index contributed by atoms with van der Waals surface area (Å²) in [5.41, 5.74) is 0.0915. The van der Waals surface area contributed by atoms with Gasteiger partial charge < -0.3 is 20.1 Å². The smallest absolute Gasteiger partial charge is 0.323 e. The van der Waals surface area contributed by atoms with E-state index >= 15 is 0 Å². The topological polar surface area (TPSA) is 81.2 Å². The SMILES string of the molecule is CCOc1nc(NC)nc(NCC(C)(C)CCOC)n1. The fourth-order valence-corrected chi connectivity index (χ4v) is 1.53. The van der Waals surface area contributed by atoms with E-state index in [1.54, 1.807) is 14.2 Å². The quantitative estimate of drug-likeness (QED) is 0.715. The molecule has 0 spiro atoms. The molecule has 0 fully saturated rings. The van der Waals surface area contributed by atoms with Gasteiger partial charge in [0, 0.05) is 27.3 Å². The molecule has 1 heterocycles. The zero-order chi connectivity index (χ0) is 15.0. The van der Waals surface area contributed by atoms with Crippen LogP contribution < -0.4 is 15.4 Å². The number of hydrogen-bond donors (Lipinski definition) is 2. The highest BCUT2D eigenvalue weighted by Gasteiger charge is 2.18. The maximum Gasteiger partial charge on any atom is 0.323 e. The Labute approximate surface area is 120 Å². The van der Waals surface area contributed by atoms with Crippen LogP contribution in [0.3, 0.4) is 0 Å². The molecule has 0 aliphatic carbocycles. The van der Waals surface area contributed by atoms with Crippen LogP contribution in [0.2, 0.25) is 0 Å². The first-order valence-electron chi connectivity index (χ1n) is 6.80. The van der Waals surface area contributed by atoms with E-state index in [0.717, 1.165) is 19.6 Å². The number of aromatic nitrogens is 3. The van der Waals surface area contributed by atoms with Gasteiger partial charge in [-0.2, -0.15) is 15.0 Å². The molecule has 0 bridgehead atoms. The fourth-order valence-electron chi connectivity index (χ4n) is 1.53. The van der Waals surface area contributed by atoms with E-state index in [2.05, 4.69) is 39.4 Å². The largest absolute Gasteiger partial charge is 0.464 e. The molecular weight excluding hydrogens is 258 g/mol. The summed E-state index contributed by atoms with van der Waals surface area (Å²) in [6, 6.07) is 0.323. The first kappa shape index (κ1) is 16.4. The molecular formula is C13H25N5O2. The summed E-state index contributed by atoms with van der Waals surface area (Å²) in [6.07, 6.45) is 0.957. The van der Waals surface area contributed by atoms with Crippen molar-refractivity contribution in [2.24, 2.45) is 5.41 Å². The van der Waals surface area contributed by atoms with Gasteiger partial charge >= 0.3 is 6.01 Å². The summed E-state index contributed by atoms with van der Waals surface area (Å²) in [7, 11) is 3.47. The average Bonchev–Trinajstić information content (AvgIpc) is 2.43. The standard InChI is InChI=1S/C13H25N5O2/c1-6-20-12-17-10(14-4)16-11(18-12)15-9-13(2,3)7-8-19-5/h6-9H2,1-5H3,(H2,14,15,16,17,18). The molecule has 0 unspecified atom stereocenters. The molecule has 0 amide bonds. The highest BCUT2D eigenvalue weighted by atomic mass is 16.5. The van der Waals surface area contributed by atoms with Crippen LogP contribution >= 0.6 is 0 Å². The Kier molecular flexibility index (Phi) is 6.44. The van der Waals surface area contributed by atoms with Crippen molar-refractivity contribution in [1.82, 2.24) is 15.0 Å². The molecule has 0 atom stereocenters. The van der Waals surface area contributed by atoms with Gasteiger partial charge in [0.2, 0.25) is 11.9 Å². The Hall–Kier alpha value is -1.63. The van der Waals surface area contributed by atoms with E-state index in [1.165, 1.54) is 0 Å². The number of ether oxygens (including phenoxy) is 2. The minimum atomic E-state index is 0.0915. The lowest BCUT2D eigenvalue weighted by atomic mass is 9.90. The molecule has 0 saturated carbocycles. The highest BCUT2D eigenvalue weighted by Crippen LogP contribution is 2.21. The fraction of sp³-hybridized carbons (Fsp3) is 0.769. The lowest BCUT2D eigenvalue weighted by molar-refractivity contribution is 0.157. The van der Waals surface area contributed by atoms with E-state index < -0.39 is 0 Å². The maximum atomic E-state index is 5.32. The third-order valence-electron chi connectivity index (χ3n) is 2.82. The lowest BCUT2D eigenvalue weighted by Gasteiger charge is -2.24. The second kappa shape index (κ2) is 7.84. The summed E-state index contributed by atoms with van der Waals surface area (Å²) in [5.74, 6) is 0.999. The normalized spacial score (nSPS) is 11.2. The predicted octanol–water partition coefficient (Wildman–Crippen LogP) is 1.79. The van der Waals surface area contributed by atoms with Crippen molar-refractivity contribution in [2.45, 2.75) is 27.2 Å². The highest BCUT2D eigenvalue weighted by molar-refractivity contribution is 5.35. The van der Waals surface area contributed by atoms with Gasteiger partial charge in [0.1, 0.15) is 0 Å². The molecule has 2 N–H and O–H groups in total. The Bertz CT molecular complexity index is 412. The first-order chi connectivity index (χ1) is 9.50. The molecule has 0 saturated heterocycles. The van der Waals surface area contributed by atoms with Crippen molar-refractivity contribution in [1.29, 1.82) is 0 Å². The van der Waals surface area contributed by atoms with Gasteiger partial charge in [-0.25, -0.2) is 0 Å². The lowest BCUT2D eigenvalue weighted by Crippen LogP contribution is -2.25. The predicted molar refractivity (Wildman–Crippen MR) is 79.3 cm³/mol. The summed E-state index contributed by atoms with van der Waals surface area (Å²) in [6.45, 7) is 8.23. The number of rotatable bonds is 9. The van der Waals surface area contributed by atoms with Gasteiger partial charge in [-0.15, -0.1) is 0 Å². The number of hydrogen-bond acceptors (Lipinski definition) is 7. The van der Waals surface area contributed by atoms with Crippen LogP contribution in [0.25, 0.3) is 0 Å². The van der Waals surface area contributed by atoms with Crippen LogP contribution in [0, 0.1) is 5.41 Å². The molecule has 7 heteroatoms. The summed E-state index contributed by atoms with van der Waals surface area (Å²) in [4.78, 5) is 12.6. The van der Waals surface area contributed by atoms with Crippen molar-refractivity contribution >= 4 is 11.9 Å². The number of methoxy groups -OCH3 is 1. The molecule has 1 rings (SSSR count). The van der Waals surface area contributed by atoms with Crippen molar-refractivity contribution in [3.8, 4) is 6.01 Å². The van der Waals surface area contributed by atoms with Gasteiger partial charge in [-0.05, 0) is 18.8 Å². The zero-order valence-electron chi connectivity index (χ0n) is 13.0. The van der Waals surface area contributed by atoms with E-state index in [-0.39, 0.29) is 5.41 Å². The minimum Gasteiger partial charge on any atom is -0.464 e. The molecule has 114 valence electrons.